The predicted octanol–water partition coefficient (Wildman–Crippen LogP) is 3.42. The molecule has 1 fully saturated rings. The number of nitrogens with zero attached hydrogens (tertiary/aromatic N) is 4. The lowest BCUT2D eigenvalue weighted by molar-refractivity contribution is -0.386. The maximum Gasteiger partial charge on any atom is 0.311 e. The molecule has 0 spiro atoms. The summed E-state index contributed by atoms with van der Waals surface area (Å²) in [6.45, 7) is 6.03. The number of carbonyl (C=O) groups excluding carboxylic acids is 2. The van der Waals surface area contributed by atoms with E-state index in [0.717, 1.165) is 5.56 Å². The Labute approximate surface area is 207 Å². The molecule has 2 aromatic carbocycles. The molecule has 3 aromatic rings. The zero-order valence-electron chi connectivity index (χ0n) is 20.1. The van der Waals surface area contributed by atoms with E-state index in [1.807, 2.05) is 6.92 Å². The van der Waals surface area contributed by atoms with Crippen LogP contribution < -0.4 is 10.1 Å². The number of benzene rings is 2. The van der Waals surface area contributed by atoms with Gasteiger partial charge in [-0.05, 0) is 43.2 Å². The first-order chi connectivity index (χ1) is 17.4. The van der Waals surface area contributed by atoms with Crippen molar-refractivity contribution < 1.29 is 24.0 Å². The number of ether oxygens (including phenoxy) is 2. The van der Waals surface area contributed by atoms with Crippen molar-refractivity contribution in [1.29, 1.82) is 0 Å². The van der Waals surface area contributed by atoms with Crippen LogP contribution in [0.4, 0.5) is 11.4 Å². The number of amides is 2. The van der Waals surface area contributed by atoms with E-state index in [0.29, 0.717) is 55.4 Å². The molecule has 1 aliphatic heterocycles. The third kappa shape index (κ3) is 5.52. The highest BCUT2D eigenvalue weighted by Gasteiger charge is 2.26. The normalized spacial score (nSPS) is 13.3. The predicted molar refractivity (Wildman–Crippen MR) is 131 cm³/mol. The average molecular weight is 494 g/mol. The van der Waals surface area contributed by atoms with Crippen molar-refractivity contribution in [2.45, 2.75) is 27.0 Å². The summed E-state index contributed by atoms with van der Waals surface area (Å²) in [5.74, 6) is -0.474. The van der Waals surface area contributed by atoms with Crippen molar-refractivity contribution in [3.8, 4) is 5.75 Å². The minimum atomic E-state index is -0.488. The Kier molecular flexibility index (Phi) is 7.59. The second-order valence-corrected chi connectivity index (χ2v) is 8.30. The first-order valence-corrected chi connectivity index (χ1v) is 11.6. The Morgan fingerprint density at radius 2 is 1.97 bits per heavy atom. The maximum atomic E-state index is 13.1. The molecule has 0 radical (unpaired) electrons. The Hall–Kier alpha value is -4.25. The largest absolute Gasteiger partial charge is 0.482 e. The number of rotatable bonds is 8. The van der Waals surface area contributed by atoms with Gasteiger partial charge in [-0.25, -0.2) is 0 Å². The number of carbonyl (C=O) groups is 2. The maximum absolute atomic E-state index is 13.1. The van der Waals surface area contributed by atoms with Crippen LogP contribution in [0.15, 0.2) is 48.7 Å². The number of nitrogens with one attached hydrogen (secondary N) is 1. The molecule has 0 saturated carbocycles. The van der Waals surface area contributed by atoms with E-state index in [-0.39, 0.29) is 24.0 Å². The second kappa shape index (κ2) is 11.0. The van der Waals surface area contributed by atoms with Gasteiger partial charge in [0.15, 0.2) is 5.75 Å². The van der Waals surface area contributed by atoms with Gasteiger partial charge in [-0.15, -0.1) is 0 Å². The molecule has 0 unspecified atom stereocenters. The number of nitro benzene ring substituents is 1. The van der Waals surface area contributed by atoms with E-state index < -0.39 is 10.8 Å². The van der Waals surface area contributed by atoms with Crippen LogP contribution in [-0.2, 0) is 17.9 Å². The summed E-state index contributed by atoms with van der Waals surface area (Å²) in [5.41, 5.74) is 2.30. The molecule has 0 atom stereocenters. The first-order valence-electron chi connectivity index (χ1n) is 11.6. The summed E-state index contributed by atoms with van der Waals surface area (Å²) < 4.78 is 12.6. The summed E-state index contributed by atoms with van der Waals surface area (Å²) >= 11 is 0. The van der Waals surface area contributed by atoms with E-state index in [1.54, 1.807) is 52.9 Å². The van der Waals surface area contributed by atoms with Gasteiger partial charge in [0.05, 0.1) is 30.0 Å². The third-order valence-electron chi connectivity index (χ3n) is 5.78. The van der Waals surface area contributed by atoms with Gasteiger partial charge in [-0.2, -0.15) is 5.10 Å². The smallest absolute Gasteiger partial charge is 0.311 e. The Balaban J connectivity index is 1.49. The quantitative estimate of drug-likeness (QED) is 0.376. The summed E-state index contributed by atoms with van der Waals surface area (Å²) in [7, 11) is 0. The molecule has 1 N–H and O–H groups in total. The highest BCUT2D eigenvalue weighted by atomic mass is 16.6. The second-order valence-electron chi connectivity index (χ2n) is 8.30. The highest BCUT2D eigenvalue weighted by molar-refractivity contribution is 6.08. The summed E-state index contributed by atoms with van der Waals surface area (Å²) in [6.07, 6.45) is 1.47. The Morgan fingerprint density at radius 1 is 1.19 bits per heavy atom. The molecular weight excluding hydrogens is 466 g/mol. The monoisotopic (exact) mass is 493 g/mol. The molecule has 36 heavy (non-hydrogen) atoms. The van der Waals surface area contributed by atoms with Gasteiger partial charge in [0, 0.05) is 31.3 Å². The van der Waals surface area contributed by atoms with Crippen molar-refractivity contribution in [3.05, 3.63) is 81.2 Å². The van der Waals surface area contributed by atoms with Crippen molar-refractivity contribution in [3.63, 3.8) is 0 Å². The van der Waals surface area contributed by atoms with Gasteiger partial charge in [0.1, 0.15) is 12.3 Å². The van der Waals surface area contributed by atoms with Crippen molar-refractivity contribution in [1.82, 2.24) is 14.7 Å². The Morgan fingerprint density at radius 3 is 2.69 bits per heavy atom. The number of anilines is 1. The molecule has 2 heterocycles. The van der Waals surface area contributed by atoms with Crippen LogP contribution in [0.3, 0.4) is 0 Å². The molecule has 188 valence electrons. The SMILES string of the molecule is CCn1ncc(NC(=O)c2cccc(COc3ccc(C)cc3[N+](=O)[O-])c2)c1C(=O)N1CCOCC1. The van der Waals surface area contributed by atoms with Crippen molar-refractivity contribution in [2.24, 2.45) is 0 Å². The topological polar surface area (TPSA) is 129 Å². The number of nitro groups is 1. The summed E-state index contributed by atoms with van der Waals surface area (Å²) in [5, 5.41) is 18.4. The summed E-state index contributed by atoms with van der Waals surface area (Å²) in [6, 6.07) is 11.5. The molecule has 2 amide bonds. The van der Waals surface area contributed by atoms with E-state index in [9.17, 15) is 19.7 Å². The van der Waals surface area contributed by atoms with Gasteiger partial charge in [-0.3, -0.25) is 24.4 Å². The summed E-state index contributed by atoms with van der Waals surface area (Å²) in [4.78, 5) is 38.7. The van der Waals surface area contributed by atoms with Gasteiger partial charge in [0.2, 0.25) is 0 Å². The molecule has 0 bridgehead atoms. The molecule has 1 aliphatic rings. The third-order valence-corrected chi connectivity index (χ3v) is 5.78. The van der Waals surface area contributed by atoms with Crippen LogP contribution in [0, 0.1) is 17.0 Å². The van der Waals surface area contributed by atoms with Crippen molar-refractivity contribution in [2.75, 3.05) is 31.6 Å². The molecule has 11 nitrogen and oxygen atoms in total. The van der Waals surface area contributed by atoms with Crippen LogP contribution in [0.25, 0.3) is 0 Å². The van der Waals surface area contributed by atoms with Gasteiger partial charge >= 0.3 is 5.69 Å². The standard InChI is InChI=1S/C25H27N5O6/c1-3-29-23(25(32)28-9-11-35-12-10-28)20(15-26-29)27-24(31)19-6-4-5-18(14-19)16-36-22-8-7-17(2)13-21(22)30(33)34/h4-8,13-15H,3,9-12,16H2,1-2H3,(H,27,31). The van der Waals surface area contributed by atoms with Crippen LogP contribution >= 0.6 is 0 Å². The molecule has 1 saturated heterocycles. The van der Waals surface area contributed by atoms with Crippen LogP contribution in [0.5, 0.6) is 5.75 Å². The van der Waals surface area contributed by atoms with Crippen LogP contribution in [-0.4, -0.2) is 57.7 Å². The number of hydrogen-bond acceptors (Lipinski definition) is 7. The van der Waals surface area contributed by atoms with E-state index >= 15 is 0 Å². The molecular formula is C25H27N5O6. The minimum absolute atomic E-state index is 0.0412. The molecule has 1 aromatic heterocycles. The zero-order valence-corrected chi connectivity index (χ0v) is 20.1. The fraction of sp³-hybridized carbons (Fsp3) is 0.320. The lowest BCUT2D eigenvalue weighted by Gasteiger charge is -2.27. The lowest BCUT2D eigenvalue weighted by Crippen LogP contribution is -2.41. The Bertz CT molecular complexity index is 1280. The first kappa shape index (κ1) is 24.9. The minimum Gasteiger partial charge on any atom is -0.482 e. The number of hydrogen-bond donors (Lipinski definition) is 1. The fourth-order valence-corrected chi connectivity index (χ4v) is 3.91. The highest BCUT2D eigenvalue weighted by Crippen LogP contribution is 2.28. The van der Waals surface area contributed by atoms with Gasteiger partial charge in [0.25, 0.3) is 11.8 Å². The van der Waals surface area contributed by atoms with Crippen LogP contribution in [0.2, 0.25) is 0 Å². The fourth-order valence-electron chi connectivity index (χ4n) is 3.91. The number of aryl methyl sites for hydroxylation is 2. The van der Waals surface area contributed by atoms with E-state index in [2.05, 4.69) is 10.4 Å². The average Bonchev–Trinajstić information content (AvgIpc) is 3.30. The number of aromatic nitrogens is 2. The molecule has 0 aliphatic carbocycles. The van der Waals surface area contributed by atoms with Crippen LogP contribution in [0.1, 0.15) is 38.9 Å². The zero-order chi connectivity index (χ0) is 25.7. The lowest BCUT2D eigenvalue weighted by atomic mass is 10.1. The number of morpholine rings is 1. The molecule has 4 rings (SSSR count). The van der Waals surface area contributed by atoms with Gasteiger partial charge in [-0.1, -0.05) is 18.2 Å². The van der Waals surface area contributed by atoms with E-state index in [1.165, 1.54) is 12.3 Å². The molecule has 11 heteroatoms. The van der Waals surface area contributed by atoms with E-state index in [4.69, 9.17) is 9.47 Å². The van der Waals surface area contributed by atoms with Gasteiger partial charge < -0.3 is 19.7 Å². The van der Waals surface area contributed by atoms with Crippen molar-refractivity contribution >= 4 is 23.2 Å².